The molecule has 0 bridgehead atoms. The van der Waals surface area contributed by atoms with Crippen LogP contribution in [-0.4, -0.2) is 52.9 Å². The number of nitrogens with zero attached hydrogens (tertiary/aromatic N) is 5. The van der Waals surface area contributed by atoms with Crippen LogP contribution >= 0.6 is 11.3 Å². The van der Waals surface area contributed by atoms with E-state index in [0.29, 0.717) is 0 Å². The van der Waals surface area contributed by atoms with Crippen molar-refractivity contribution in [1.29, 1.82) is 0 Å². The third kappa shape index (κ3) is 2.84. The van der Waals surface area contributed by atoms with Gasteiger partial charge in [0.1, 0.15) is 4.83 Å². The molecule has 1 aliphatic rings. The standard InChI is InChI=1S/C18H19N5OS/c1-22(2)17(24)15-14(13-5-3-7-19-16(13)25-15)12-6-10-23(11-12)18-20-8-4-9-21-18/h3-5,7-9,12H,6,10-11H2,1-2H3/t12-/m0/s1. The summed E-state index contributed by atoms with van der Waals surface area (Å²) >= 11 is 1.49. The van der Waals surface area contributed by atoms with Crippen LogP contribution in [0, 0.1) is 0 Å². The maximum absolute atomic E-state index is 12.7. The predicted octanol–water partition coefficient (Wildman–Crippen LogP) is 2.78. The number of aromatic nitrogens is 3. The topological polar surface area (TPSA) is 62.2 Å². The highest BCUT2D eigenvalue weighted by molar-refractivity contribution is 7.20. The molecular weight excluding hydrogens is 334 g/mol. The summed E-state index contributed by atoms with van der Waals surface area (Å²) in [5, 5.41) is 1.10. The van der Waals surface area contributed by atoms with Crippen molar-refractivity contribution in [2.75, 3.05) is 32.1 Å². The number of hydrogen-bond donors (Lipinski definition) is 0. The Labute approximate surface area is 150 Å². The number of fused-ring (bicyclic) bond motifs is 1. The van der Waals surface area contributed by atoms with Gasteiger partial charge in [-0.1, -0.05) is 6.07 Å². The van der Waals surface area contributed by atoms with Gasteiger partial charge in [-0.15, -0.1) is 11.3 Å². The smallest absolute Gasteiger partial charge is 0.263 e. The molecule has 1 saturated heterocycles. The van der Waals surface area contributed by atoms with Crippen molar-refractivity contribution < 1.29 is 4.79 Å². The molecule has 4 rings (SSSR count). The van der Waals surface area contributed by atoms with E-state index >= 15 is 0 Å². The van der Waals surface area contributed by atoms with Crippen molar-refractivity contribution >= 4 is 33.4 Å². The number of pyridine rings is 1. The minimum atomic E-state index is 0.0485. The van der Waals surface area contributed by atoms with Crippen LogP contribution in [0.25, 0.3) is 10.2 Å². The molecule has 0 unspecified atom stereocenters. The minimum absolute atomic E-state index is 0.0485. The molecule has 6 nitrogen and oxygen atoms in total. The summed E-state index contributed by atoms with van der Waals surface area (Å²) in [4.78, 5) is 31.4. The summed E-state index contributed by atoms with van der Waals surface area (Å²) in [6.07, 6.45) is 6.29. The molecular formula is C18H19N5OS. The van der Waals surface area contributed by atoms with Gasteiger partial charge < -0.3 is 9.80 Å². The second-order valence-electron chi connectivity index (χ2n) is 6.38. The molecule has 0 radical (unpaired) electrons. The highest BCUT2D eigenvalue weighted by Gasteiger charge is 2.32. The third-order valence-electron chi connectivity index (χ3n) is 4.54. The van der Waals surface area contributed by atoms with Crippen molar-refractivity contribution in [3.63, 3.8) is 0 Å². The van der Waals surface area contributed by atoms with Gasteiger partial charge in [-0.25, -0.2) is 15.0 Å². The van der Waals surface area contributed by atoms with Gasteiger partial charge in [0.15, 0.2) is 0 Å². The second-order valence-corrected chi connectivity index (χ2v) is 7.38. The average molecular weight is 353 g/mol. The van der Waals surface area contributed by atoms with Crippen LogP contribution < -0.4 is 4.90 Å². The molecule has 3 aromatic heterocycles. The highest BCUT2D eigenvalue weighted by atomic mass is 32.1. The van der Waals surface area contributed by atoms with E-state index in [4.69, 9.17) is 0 Å². The van der Waals surface area contributed by atoms with E-state index in [9.17, 15) is 4.79 Å². The largest absolute Gasteiger partial charge is 0.344 e. The Morgan fingerprint density at radius 3 is 2.72 bits per heavy atom. The van der Waals surface area contributed by atoms with E-state index in [0.717, 1.165) is 46.1 Å². The first-order valence-electron chi connectivity index (χ1n) is 8.26. The Bertz CT molecular complexity index is 908. The Morgan fingerprint density at radius 1 is 1.20 bits per heavy atom. The molecule has 1 aliphatic heterocycles. The number of hydrogen-bond acceptors (Lipinski definition) is 6. The second kappa shape index (κ2) is 6.40. The number of carbonyl (C=O) groups excluding carboxylic acids is 1. The monoisotopic (exact) mass is 353 g/mol. The summed E-state index contributed by atoms with van der Waals surface area (Å²) in [5.41, 5.74) is 1.13. The summed E-state index contributed by atoms with van der Waals surface area (Å²) in [5.74, 6) is 1.08. The molecule has 25 heavy (non-hydrogen) atoms. The van der Waals surface area contributed by atoms with Gasteiger partial charge in [-0.2, -0.15) is 0 Å². The van der Waals surface area contributed by atoms with Crippen molar-refractivity contribution in [3.05, 3.63) is 47.2 Å². The summed E-state index contributed by atoms with van der Waals surface area (Å²) in [6, 6.07) is 5.83. The number of anilines is 1. The molecule has 1 amide bonds. The molecule has 3 aromatic rings. The predicted molar refractivity (Wildman–Crippen MR) is 99.2 cm³/mol. The first-order chi connectivity index (χ1) is 12.1. The van der Waals surface area contributed by atoms with Crippen molar-refractivity contribution in [2.24, 2.45) is 0 Å². The average Bonchev–Trinajstić information content (AvgIpc) is 3.26. The number of carbonyl (C=O) groups is 1. The van der Waals surface area contributed by atoms with Crippen molar-refractivity contribution in [2.45, 2.75) is 12.3 Å². The molecule has 4 heterocycles. The van der Waals surface area contributed by atoms with Gasteiger partial charge in [-0.3, -0.25) is 4.79 Å². The Morgan fingerprint density at radius 2 is 1.96 bits per heavy atom. The maximum atomic E-state index is 12.7. The van der Waals surface area contributed by atoms with E-state index in [-0.39, 0.29) is 11.8 Å². The van der Waals surface area contributed by atoms with Crippen LogP contribution in [0.5, 0.6) is 0 Å². The fourth-order valence-electron chi connectivity index (χ4n) is 3.35. The van der Waals surface area contributed by atoms with Crippen molar-refractivity contribution in [1.82, 2.24) is 19.9 Å². The van der Waals surface area contributed by atoms with Gasteiger partial charge in [0, 0.05) is 57.1 Å². The highest BCUT2D eigenvalue weighted by Crippen LogP contribution is 2.40. The van der Waals surface area contributed by atoms with Crippen LogP contribution in [0.1, 0.15) is 27.6 Å². The van der Waals surface area contributed by atoms with Gasteiger partial charge in [0.05, 0.1) is 4.88 Å². The fraction of sp³-hybridized carbons (Fsp3) is 0.333. The van der Waals surface area contributed by atoms with Crippen molar-refractivity contribution in [3.8, 4) is 0 Å². The maximum Gasteiger partial charge on any atom is 0.263 e. The molecule has 0 spiro atoms. The lowest BCUT2D eigenvalue weighted by atomic mass is 9.95. The van der Waals surface area contributed by atoms with Crippen LogP contribution in [-0.2, 0) is 0 Å². The van der Waals surface area contributed by atoms with Gasteiger partial charge in [0.2, 0.25) is 5.95 Å². The summed E-state index contributed by atoms with van der Waals surface area (Å²) < 4.78 is 0. The lowest BCUT2D eigenvalue weighted by Gasteiger charge is -2.17. The fourth-order valence-corrected chi connectivity index (χ4v) is 4.60. The van der Waals surface area contributed by atoms with E-state index in [1.807, 2.05) is 12.1 Å². The zero-order chi connectivity index (χ0) is 17.4. The molecule has 0 aliphatic carbocycles. The first kappa shape index (κ1) is 16.0. The lowest BCUT2D eigenvalue weighted by molar-refractivity contribution is 0.0831. The van der Waals surface area contributed by atoms with Crippen LogP contribution in [0.4, 0.5) is 5.95 Å². The van der Waals surface area contributed by atoms with E-state index in [2.05, 4.69) is 25.9 Å². The molecule has 0 N–H and O–H groups in total. The quantitative estimate of drug-likeness (QED) is 0.724. The summed E-state index contributed by atoms with van der Waals surface area (Å²) in [7, 11) is 3.59. The molecule has 1 atom stereocenters. The van der Waals surface area contributed by atoms with Gasteiger partial charge >= 0.3 is 0 Å². The van der Waals surface area contributed by atoms with Crippen LogP contribution in [0.2, 0.25) is 0 Å². The zero-order valence-corrected chi connectivity index (χ0v) is 15.0. The zero-order valence-electron chi connectivity index (χ0n) is 14.2. The van der Waals surface area contributed by atoms with Crippen LogP contribution in [0.3, 0.4) is 0 Å². The van der Waals surface area contributed by atoms with E-state index in [1.54, 1.807) is 37.6 Å². The number of thiophene rings is 1. The lowest BCUT2D eigenvalue weighted by Crippen LogP contribution is -2.24. The normalized spacial score (nSPS) is 17.2. The van der Waals surface area contributed by atoms with Crippen LogP contribution in [0.15, 0.2) is 36.8 Å². The Hall–Kier alpha value is -2.54. The minimum Gasteiger partial charge on any atom is -0.344 e. The molecule has 7 heteroatoms. The molecule has 0 saturated carbocycles. The Kier molecular flexibility index (Phi) is 4.09. The molecule has 1 fully saturated rings. The number of rotatable bonds is 3. The van der Waals surface area contributed by atoms with E-state index in [1.165, 1.54) is 11.3 Å². The molecule has 128 valence electrons. The SMILES string of the molecule is CN(C)C(=O)c1sc2ncccc2c1[C@H]1CCN(c2ncccn2)C1. The van der Waals surface area contributed by atoms with E-state index < -0.39 is 0 Å². The molecule has 0 aromatic carbocycles. The third-order valence-corrected chi connectivity index (χ3v) is 5.65. The van der Waals surface area contributed by atoms with Gasteiger partial charge in [0.25, 0.3) is 5.91 Å². The summed E-state index contributed by atoms with van der Waals surface area (Å²) in [6.45, 7) is 1.71. The number of amides is 1. The first-order valence-corrected chi connectivity index (χ1v) is 9.08. The Balaban J connectivity index is 1.73. The van der Waals surface area contributed by atoms with Gasteiger partial charge in [-0.05, 0) is 24.1 Å².